The average molecular weight is 396 g/mol. The number of rotatable bonds is 5. The van der Waals surface area contributed by atoms with Crippen LogP contribution in [0.25, 0.3) is 10.6 Å². The molecule has 0 saturated carbocycles. The normalized spacial score (nSPS) is 14.1. The van der Waals surface area contributed by atoms with Crippen LogP contribution >= 0.6 is 11.3 Å². The van der Waals surface area contributed by atoms with Crippen molar-refractivity contribution in [2.24, 2.45) is 0 Å². The van der Waals surface area contributed by atoms with E-state index in [4.69, 9.17) is 4.74 Å². The third kappa shape index (κ3) is 4.29. The van der Waals surface area contributed by atoms with E-state index in [-0.39, 0.29) is 18.0 Å². The van der Waals surface area contributed by atoms with Crippen LogP contribution in [0.15, 0.2) is 59.0 Å². The first-order valence-corrected chi connectivity index (χ1v) is 9.90. The van der Waals surface area contributed by atoms with Crippen LogP contribution in [0.2, 0.25) is 0 Å². The first-order valence-electron chi connectivity index (χ1n) is 9.02. The number of hydrogen-bond donors (Lipinski definition) is 1. The molecule has 0 atom stereocenters. The fourth-order valence-electron chi connectivity index (χ4n) is 3.04. The molecule has 1 amide bonds. The van der Waals surface area contributed by atoms with Gasteiger partial charge < -0.3 is 15.0 Å². The van der Waals surface area contributed by atoms with Crippen molar-refractivity contribution in [2.45, 2.75) is 6.54 Å². The Balaban J connectivity index is 1.38. The molecule has 1 fully saturated rings. The highest BCUT2D eigenvalue weighted by atomic mass is 32.1. The fourth-order valence-corrected chi connectivity index (χ4v) is 3.73. The van der Waals surface area contributed by atoms with Crippen LogP contribution in [0.4, 0.5) is 11.4 Å². The maximum Gasteiger partial charge on any atom is 0.254 e. The zero-order valence-electron chi connectivity index (χ0n) is 15.2. The molecule has 8 heteroatoms. The number of nitrogens with zero attached hydrogens (tertiary/aromatic N) is 3. The smallest absolute Gasteiger partial charge is 0.254 e. The Labute approximate surface area is 166 Å². The third-order valence-corrected chi connectivity index (χ3v) is 5.39. The predicted octanol–water partition coefficient (Wildman–Crippen LogP) is 2.45. The lowest BCUT2D eigenvalue weighted by atomic mass is 10.2. The van der Waals surface area contributed by atoms with Gasteiger partial charge in [0.1, 0.15) is 6.54 Å². The highest BCUT2D eigenvalue weighted by Gasteiger charge is 2.12. The van der Waals surface area contributed by atoms with E-state index in [1.807, 2.05) is 41.8 Å². The maximum atomic E-state index is 12.3. The minimum atomic E-state index is -0.271. The highest BCUT2D eigenvalue weighted by molar-refractivity contribution is 7.13. The second-order valence-electron chi connectivity index (χ2n) is 6.41. The molecular weight excluding hydrogens is 376 g/mol. The molecule has 1 aliphatic rings. The molecule has 28 heavy (non-hydrogen) atoms. The van der Waals surface area contributed by atoms with Crippen LogP contribution in [0.3, 0.4) is 0 Å². The van der Waals surface area contributed by atoms with Crippen molar-refractivity contribution in [2.75, 3.05) is 36.5 Å². The Morgan fingerprint density at radius 2 is 1.96 bits per heavy atom. The largest absolute Gasteiger partial charge is 0.378 e. The summed E-state index contributed by atoms with van der Waals surface area (Å²) in [6.45, 7) is 3.10. The van der Waals surface area contributed by atoms with Gasteiger partial charge >= 0.3 is 0 Å². The second kappa shape index (κ2) is 8.37. The standard InChI is InChI=1S/C20H20N4O3S/c25-19(13-24-14-21-17(12-20(24)26)18-2-1-11-28-18)22-15-3-5-16(6-4-15)23-7-9-27-10-8-23/h1-6,11-12,14H,7-10,13H2,(H,22,25). The van der Waals surface area contributed by atoms with E-state index in [1.165, 1.54) is 28.3 Å². The van der Waals surface area contributed by atoms with Crippen molar-refractivity contribution in [1.29, 1.82) is 0 Å². The molecule has 7 nitrogen and oxygen atoms in total. The van der Waals surface area contributed by atoms with Crippen molar-refractivity contribution in [3.8, 4) is 10.6 Å². The highest BCUT2D eigenvalue weighted by Crippen LogP contribution is 2.21. The third-order valence-electron chi connectivity index (χ3n) is 4.49. The summed E-state index contributed by atoms with van der Waals surface area (Å²) in [6.07, 6.45) is 1.42. The van der Waals surface area contributed by atoms with Gasteiger partial charge in [-0.15, -0.1) is 11.3 Å². The fraction of sp³-hybridized carbons (Fsp3) is 0.250. The number of benzene rings is 1. The number of carbonyl (C=O) groups is 1. The molecule has 2 aromatic heterocycles. The Bertz CT molecular complexity index is 993. The monoisotopic (exact) mass is 396 g/mol. The molecule has 0 unspecified atom stereocenters. The molecule has 0 radical (unpaired) electrons. The number of hydrogen-bond acceptors (Lipinski definition) is 6. The Morgan fingerprint density at radius 3 is 2.64 bits per heavy atom. The SMILES string of the molecule is O=C(Cn1cnc(-c2cccs2)cc1=O)Nc1ccc(N2CCOCC2)cc1. The molecule has 1 aromatic carbocycles. The van der Waals surface area contributed by atoms with Crippen LogP contribution < -0.4 is 15.8 Å². The van der Waals surface area contributed by atoms with Gasteiger partial charge in [0.15, 0.2) is 0 Å². The lowest BCUT2D eigenvalue weighted by Crippen LogP contribution is -2.36. The molecule has 3 heterocycles. The first kappa shape index (κ1) is 18.4. The van der Waals surface area contributed by atoms with Gasteiger partial charge in [-0.05, 0) is 35.7 Å². The molecule has 0 spiro atoms. The van der Waals surface area contributed by atoms with E-state index < -0.39 is 0 Å². The molecule has 1 aliphatic heterocycles. The van der Waals surface area contributed by atoms with Crippen molar-refractivity contribution in [1.82, 2.24) is 9.55 Å². The van der Waals surface area contributed by atoms with Crippen molar-refractivity contribution in [3.05, 3.63) is 64.5 Å². The summed E-state index contributed by atoms with van der Waals surface area (Å²) >= 11 is 1.52. The number of carbonyl (C=O) groups excluding carboxylic acids is 1. The zero-order valence-corrected chi connectivity index (χ0v) is 16.0. The molecule has 3 aromatic rings. The van der Waals surface area contributed by atoms with E-state index >= 15 is 0 Å². The molecule has 0 bridgehead atoms. The lowest BCUT2D eigenvalue weighted by Gasteiger charge is -2.28. The van der Waals surface area contributed by atoms with Gasteiger partial charge in [0.05, 0.1) is 30.1 Å². The van der Waals surface area contributed by atoms with Gasteiger partial charge in [0.2, 0.25) is 5.91 Å². The van der Waals surface area contributed by atoms with E-state index in [2.05, 4.69) is 15.2 Å². The number of aromatic nitrogens is 2. The van der Waals surface area contributed by atoms with E-state index in [9.17, 15) is 9.59 Å². The second-order valence-corrected chi connectivity index (χ2v) is 7.36. The van der Waals surface area contributed by atoms with Crippen LogP contribution in [0, 0.1) is 0 Å². The quantitative estimate of drug-likeness (QED) is 0.717. The average Bonchev–Trinajstić information content (AvgIpc) is 3.26. The zero-order chi connectivity index (χ0) is 19.3. The summed E-state index contributed by atoms with van der Waals surface area (Å²) < 4.78 is 6.66. The van der Waals surface area contributed by atoms with E-state index in [0.717, 1.165) is 36.9 Å². The van der Waals surface area contributed by atoms with Crippen molar-refractivity contribution >= 4 is 28.6 Å². The van der Waals surface area contributed by atoms with Crippen molar-refractivity contribution < 1.29 is 9.53 Å². The van der Waals surface area contributed by atoms with Gasteiger partial charge in [-0.2, -0.15) is 0 Å². The summed E-state index contributed by atoms with van der Waals surface area (Å²) in [7, 11) is 0. The summed E-state index contributed by atoms with van der Waals surface area (Å²) in [4.78, 5) is 32.0. The minimum Gasteiger partial charge on any atom is -0.378 e. The van der Waals surface area contributed by atoms with Crippen LogP contribution in [0.5, 0.6) is 0 Å². The summed E-state index contributed by atoms with van der Waals surface area (Å²) in [5, 5.41) is 4.75. The topological polar surface area (TPSA) is 76.5 Å². The first-order chi connectivity index (χ1) is 13.7. The number of ether oxygens (including phenoxy) is 1. The number of anilines is 2. The number of morpholine rings is 1. The molecule has 0 aliphatic carbocycles. The van der Waals surface area contributed by atoms with Crippen LogP contribution in [-0.2, 0) is 16.1 Å². The van der Waals surface area contributed by atoms with Gasteiger partial charge in [-0.1, -0.05) is 6.07 Å². The van der Waals surface area contributed by atoms with Gasteiger partial charge in [-0.25, -0.2) is 4.98 Å². The summed E-state index contributed by atoms with van der Waals surface area (Å²) in [5.74, 6) is -0.271. The summed E-state index contributed by atoms with van der Waals surface area (Å²) in [6, 6.07) is 13.0. The lowest BCUT2D eigenvalue weighted by molar-refractivity contribution is -0.116. The predicted molar refractivity (Wildman–Crippen MR) is 110 cm³/mol. The molecule has 1 N–H and O–H groups in total. The molecule has 1 saturated heterocycles. The van der Waals surface area contributed by atoms with Crippen molar-refractivity contribution in [3.63, 3.8) is 0 Å². The van der Waals surface area contributed by atoms with E-state index in [1.54, 1.807) is 0 Å². The van der Waals surface area contributed by atoms with Crippen LogP contribution in [0.1, 0.15) is 0 Å². The Kier molecular flexibility index (Phi) is 5.50. The van der Waals surface area contributed by atoms with Gasteiger partial charge in [0.25, 0.3) is 5.56 Å². The number of nitrogens with one attached hydrogen (secondary N) is 1. The van der Waals surface area contributed by atoms with E-state index in [0.29, 0.717) is 11.4 Å². The van der Waals surface area contributed by atoms with Crippen LogP contribution in [-0.4, -0.2) is 41.8 Å². The van der Waals surface area contributed by atoms with Gasteiger partial charge in [-0.3, -0.25) is 14.2 Å². The number of amides is 1. The maximum absolute atomic E-state index is 12.3. The molecule has 144 valence electrons. The molecule has 4 rings (SSSR count). The minimum absolute atomic E-state index is 0.0816. The summed E-state index contributed by atoms with van der Waals surface area (Å²) in [5.41, 5.74) is 2.16. The number of thiophene rings is 1. The molecular formula is C20H20N4O3S. The van der Waals surface area contributed by atoms with Gasteiger partial charge in [0, 0.05) is 30.5 Å². The Morgan fingerprint density at radius 1 is 1.18 bits per heavy atom. The Hall–Kier alpha value is -2.97.